The van der Waals surface area contributed by atoms with Gasteiger partial charge in [0.2, 0.25) is 0 Å². The van der Waals surface area contributed by atoms with Crippen molar-refractivity contribution < 1.29 is 4.39 Å². The van der Waals surface area contributed by atoms with Gasteiger partial charge in [0.1, 0.15) is 5.82 Å². The SMILES string of the molecule is N#Cc1ccccc1-c1cc(-c2cnc3nccnn23)ccc1F. The van der Waals surface area contributed by atoms with Crippen molar-refractivity contribution in [2.24, 2.45) is 0 Å². The van der Waals surface area contributed by atoms with Crippen LogP contribution in [-0.4, -0.2) is 19.6 Å². The van der Waals surface area contributed by atoms with Gasteiger partial charge in [0, 0.05) is 16.7 Å². The predicted octanol–water partition coefficient (Wildman–Crippen LogP) is 3.47. The second-order valence-electron chi connectivity index (χ2n) is 5.15. The van der Waals surface area contributed by atoms with Crippen LogP contribution in [0.4, 0.5) is 4.39 Å². The van der Waals surface area contributed by atoms with Gasteiger partial charge in [-0.25, -0.2) is 14.4 Å². The molecule has 4 aromatic rings. The lowest BCUT2D eigenvalue weighted by Crippen LogP contribution is -1.96. The molecule has 0 saturated heterocycles. The summed E-state index contributed by atoms with van der Waals surface area (Å²) in [5.41, 5.74) is 2.79. The van der Waals surface area contributed by atoms with Crippen LogP contribution in [0.15, 0.2) is 61.1 Å². The van der Waals surface area contributed by atoms with Crippen LogP contribution in [0.3, 0.4) is 0 Å². The Hall–Kier alpha value is -3.59. The number of hydrogen-bond donors (Lipinski definition) is 0. The first-order valence-corrected chi connectivity index (χ1v) is 7.22. The van der Waals surface area contributed by atoms with Gasteiger partial charge in [-0.3, -0.25) is 0 Å². The van der Waals surface area contributed by atoms with Crippen molar-refractivity contribution in [2.45, 2.75) is 0 Å². The van der Waals surface area contributed by atoms with Crippen molar-refractivity contribution >= 4 is 5.78 Å². The third-order valence-electron chi connectivity index (χ3n) is 3.76. The van der Waals surface area contributed by atoms with E-state index >= 15 is 0 Å². The molecule has 0 N–H and O–H groups in total. The van der Waals surface area contributed by atoms with Gasteiger partial charge < -0.3 is 0 Å². The van der Waals surface area contributed by atoms with Gasteiger partial charge >= 0.3 is 0 Å². The molecule has 0 atom stereocenters. The fourth-order valence-electron chi connectivity index (χ4n) is 2.64. The summed E-state index contributed by atoms with van der Waals surface area (Å²) < 4.78 is 16.0. The molecule has 4 rings (SSSR count). The number of nitrogens with zero attached hydrogens (tertiary/aromatic N) is 5. The minimum atomic E-state index is -0.388. The lowest BCUT2D eigenvalue weighted by Gasteiger charge is -2.08. The van der Waals surface area contributed by atoms with Gasteiger partial charge in [0.05, 0.1) is 35.9 Å². The third-order valence-corrected chi connectivity index (χ3v) is 3.76. The average Bonchev–Trinajstić information content (AvgIpc) is 3.06. The summed E-state index contributed by atoms with van der Waals surface area (Å²) in [5.74, 6) is 0.0807. The van der Waals surface area contributed by atoms with Crippen LogP contribution in [-0.2, 0) is 0 Å². The highest BCUT2D eigenvalue weighted by atomic mass is 19.1. The van der Waals surface area contributed by atoms with E-state index in [0.717, 1.165) is 5.56 Å². The Morgan fingerprint density at radius 3 is 2.75 bits per heavy atom. The fourth-order valence-corrected chi connectivity index (χ4v) is 2.64. The number of aromatic nitrogens is 4. The van der Waals surface area contributed by atoms with Gasteiger partial charge in [-0.2, -0.15) is 14.9 Å². The minimum Gasteiger partial charge on any atom is -0.218 e. The van der Waals surface area contributed by atoms with Crippen LogP contribution < -0.4 is 0 Å². The molecular weight excluding hydrogens is 305 g/mol. The Bertz CT molecular complexity index is 1090. The second kappa shape index (κ2) is 5.56. The molecule has 0 amide bonds. The van der Waals surface area contributed by atoms with E-state index in [9.17, 15) is 9.65 Å². The molecule has 2 aromatic heterocycles. The number of fused-ring (bicyclic) bond motifs is 1. The van der Waals surface area contributed by atoms with Crippen LogP contribution in [0.2, 0.25) is 0 Å². The number of hydrogen-bond acceptors (Lipinski definition) is 4. The fraction of sp³-hybridized carbons (Fsp3) is 0. The van der Waals surface area contributed by atoms with E-state index in [4.69, 9.17) is 0 Å². The smallest absolute Gasteiger partial charge is 0.218 e. The van der Waals surface area contributed by atoms with Crippen LogP contribution in [0.5, 0.6) is 0 Å². The topological polar surface area (TPSA) is 66.9 Å². The third kappa shape index (κ3) is 2.20. The van der Waals surface area contributed by atoms with Crippen LogP contribution >= 0.6 is 0 Å². The van der Waals surface area contributed by atoms with Gasteiger partial charge in [-0.1, -0.05) is 18.2 Å². The second-order valence-corrected chi connectivity index (χ2v) is 5.15. The Balaban J connectivity index is 1.93. The van der Waals surface area contributed by atoms with Crippen molar-refractivity contribution in [1.82, 2.24) is 19.6 Å². The van der Waals surface area contributed by atoms with Crippen molar-refractivity contribution in [2.75, 3.05) is 0 Å². The summed E-state index contributed by atoms with van der Waals surface area (Å²) in [6, 6.07) is 13.8. The van der Waals surface area contributed by atoms with E-state index in [1.807, 2.05) is 0 Å². The quantitative estimate of drug-likeness (QED) is 0.568. The molecule has 0 fully saturated rings. The van der Waals surface area contributed by atoms with E-state index in [0.29, 0.717) is 28.2 Å². The number of halogens is 1. The molecule has 2 heterocycles. The maximum atomic E-state index is 14.4. The van der Waals surface area contributed by atoms with Gasteiger partial charge in [0.25, 0.3) is 5.78 Å². The lowest BCUT2D eigenvalue weighted by atomic mass is 9.97. The van der Waals surface area contributed by atoms with Crippen molar-refractivity contribution in [3.63, 3.8) is 0 Å². The Labute approximate surface area is 136 Å². The molecule has 5 nitrogen and oxygen atoms in total. The molecule has 0 bridgehead atoms. The van der Waals surface area contributed by atoms with E-state index < -0.39 is 0 Å². The molecule has 0 unspecified atom stereocenters. The van der Waals surface area contributed by atoms with Crippen molar-refractivity contribution in [3.05, 3.63) is 72.4 Å². The zero-order chi connectivity index (χ0) is 16.5. The standard InChI is InChI=1S/C18H10FN5/c19-16-6-5-12(17-11-22-18-21-7-8-23-24(17)18)9-15(16)14-4-2-1-3-13(14)10-20/h1-9,11H. The first-order valence-electron chi connectivity index (χ1n) is 7.22. The zero-order valence-electron chi connectivity index (χ0n) is 12.4. The number of nitriles is 1. The van der Waals surface area contributed by atoms with Crippen LogP contribution in [0, 0.1) is 17.1 Å². The first kappa shape index (κ1) is 14.0. The molecule has 24 heavy (non-hydrogen) atoms. The largest absolute Gasteiger partial charge is 0.251 e. The average molecular weight is 315 g/mol. The van der Waals surface area contributed by atoms with Crippen LogP contribution in [0.1, 0.15) is 5.56 Å². The lowest BCUT2D eigenvalue weighted by molar-refractivity contribution is 0.631. The van der Waals surface area contributed by atoms with E-state index in [1.165, 1.54) is 6.07 Å². The van der Waals surface area contributed by atoms with Crippen molar-refractivity contribution in [1.29, 1.82) is 5.26 Å². The molecule has 0 spiro atoms. The molecular formula is C18H10FN5. The maximum Gasteiger partial charge on any atom is 0.251 e. The molecule has 6 heteroatoms. The Morgan fingerprint density at radius 1 is 1.00 bits per heavy atom. The summed E-state index contributed by atoms with van der Waals surface area (Å²) in [7, 11) is 0. The van der Waals surface area contributed by atoms with Crippen molar-refractivity contribution in [3.8, 4) is 28.5 Å². The van der Waals surface area contributed by atoms with E-state index in [2.05, 4.69) is 21.1 Å². The molecule has 0 saturated carbocycles. The zero-order valence-corrected chi connectivity index (χ0v) is 12.4. The molecule has 0 aliphatic heterocycles. The van der Waals surface area contributed by atoms with E-state index in [1.54, 1.807) is 59.5 Å². The predicted molar refractivity (Wildman–Crippen MR) is 86.3 cm³/mol. The number of imidazole rings is 1. The molecule has 114 valence electrons. The summed E-state index contributed by atoms with van der Waals surface area (Å²) in [4.78, 5) is 8.32. The Kier molecular flexibility index (Phi) is 3.25. The molecule has 0 aliphatic carbocycles. The minimum absolute atomic E-state index is 0.364. The monoisotopic (exact) mass is 315 g/mol. The summed E-state index contributed by atoms with van der Waals surface area (Å²) in [5, 5.41) is 13.5. The summed E-state index contributed by atoms with van der Waals surface area (Å²) in [6.45, 7) is 0. The summed E-state index contributed by atoms with van der Waals surface area (Å²) in [6.07, 6.45) is 4.77. The normalized spacial score (nSPS) is 10.7. The van der Waals surface area contributed by atoms with Gasteiger partial charge in [0.15, 0.2) is 0 Å². The summed E-state index contributed by atoms with van der Waals surface area (Å²) >= 11 is 0. The van der Waals surface area contributed by atoms with Gasteiger partial charge in [-0.15, -0.1) is 0 Å². The van der Waals surface area contributed by atoms with Gasteiger partial charge in [-0.05, 0) is 24.3 Å². The number of rotatable bonds is 2. The molecule has 0 aliphatic rings. The Morgan fingerprint density at radius 2 is 1.88 bits per heavy atom. The maximum absolute atomic E-state index is 14.4. The number of benzene rings is 2. The highest BCUT2D eigenvalue weighted by Crippen LogP contribution is 2.30. The van der Waals surface area contributed by atoms with Crippen LogP contribution in [0.25, 0.3) is 28.2 Å². The highest BCUT2D eigenvalue weighted by Gasteiger charge is 2.13. The first-order chi connectivity index (χ1) is 11.8. The molecule has 0 radical (unpaired) electrons. The highest BCUT2D eigenvalue weighted by molar-refractivity contribution is 5.76. The van der Waals surface area contributed by atoms with E-state index in [-0.39, 0.29) is 5.82 Å². The molecule has 2 aromatic carbocycles.